The fourth-order valence-corrected chi connectivity index (χ4v) is 3.01. The van der Waals surface area contributed by atoms with E-state index < -0.39 is 11.9 Å². The van der Waals surface area contributed by atoms with Crippen LogP contribution in [0.5, 0.6) is 0 Å². The summed E-state index contributed by atoms with van der Waals surface area (Å²) in [7, 11) is 0. The summed E-state index contributed by atoms with van der Waals surface area (Å²) in [6, 6.07) is 0. The summed E-state index contributed by atoms with van der Waals surface area (Å²) in [4.78, 5) is 20.7. The summed E-state index contributed by atoms with van der Waals surface area (Å²) in [5, 5.41) is 26.3. The first-order valence-corrected chi connectivity index (χ1v) is 7.66. The third kappa shape index (κ3) is 5.50. The largest absolute Gasteiger partial charge is 0.481 e. The number of aliphatic hydroxyl groups excluding tert-OH is 1. The number of carbonyl (C=O) groups is 2. The van der Waals surface area contributed by atoms with E-state index in [0.29, 0.717) is 24.7 Å². The first-order chi connectivity index (χ1) is 9.85. The Morgan fingerprint density at radius 3 is 2.24 bits per heavy atom. The molecule has 0 heterocycles. The van der Waals surface area contributed by atoms with Crippen molar-refractivity contribution in [2.45, 2.75) is 52.1 Å². The average Bonchev–Trinajstić information content (AvgIpc) is 3.07. The van der Waals surface area contributed by atoms with Crippen LogP contribution in [0.1, 0.15) is 46.0 Å². The smallest absolute Gasteiger partial charge is 0.307 e. The van der Waals surface area contributed by atoms with Gasteiger partial charge in [-0.15, -0.1) is 0 Å². The number of carboxylic acids is 2. The van der Waals surface area contributed by atoms with E-state index in [1.54, 1.807) is 0 Å². The lowest BCUT2D eigenvalue weighted by atomic mass is 9.94. The quantitative estimate of drug-likeness (QED) is 0.655. The highest BCUT2D eigenvalue weighted by atomic mass is 16.4. The van der Waals surface area contributed by atoms with Crippen LogP contribution in [0.25, 0.3) is 0 Å². The molecule has 5 heteroatoms. The third-order valence-electron chi connectivity index (χ3n) is 4.48. The monoisotopic (exact) mass is 298 g/mol. The van der Waals surface area contributed by atoms with Crippen LogP contribution in [0.4, 0.5) is 0 Å². The van der Waals surface area contributed by atoms with Crippen LogP contribution in [0.15, 0.2) is 12.2 Å². The second-order valence-electron chi connectivity index (χ2n) is 6.11. The van der Waals surface area contributed by atoms with Gasteiger partial charge in [-0.3, -0.25) is 9.59 Å². The molecule has 0 amide bonds. The number of rotatable bonds is 6. The Bertz CT molecular complexity index is 390. The lowest BCUT2D eigenvalue weighted by molar-refractivity contribution is -0.142. The Morgan fingerprint density at radius 2 is 1.90 bits per heavy atom. The molecule has 2 rings (SSSR count). The Labute approximate surface area is 125 Å². The van der Waals surface area contributed by atoms with Gasteiger partial charge in [0.05, 0.1) is 12.0 Å². The second-order valence-corrected chi connectivity index (χ2v) is 6.11. The summed E-state index contributed by atoms with van der Waals surface area (Å²) in [5.74, 6) is -0.461. The summed E-state index contributed by atoms with van der Waals surface area (Å²) >= 11 is 0. The molecule has 0 aromatic rings. The van der Waals surface area contributed by atoms with Crippen molar-refractivity contribution in [3.8, 4) is 0 Å². The molecule has 0 saturated heterocycles. The number of hydrogen-bond acceptors (Lipinski definition) is 3. The van der Waals surface area contributed by atoms with Crippen molar-refractivity contribution < 1.29 is 24.9 Å². The van der Waals surface area contributed by atoms with E-state index in [-0.39, 0.29) is 24.4 Å². The molecule has 2 aliphatic rings. The van der Waals surface area contributed by atoms with E-state index in [1.807, 2.05) is 13.8 Å². The minimum absolute atomic E-state index is 0.0741. The van der Waals surface area contributed by atoms with Crippen LogP contribution in [0.2, 0.25) is 0 Å². The van der Waals surface area contributed by atoms with Crippen LogP contribution in [0, 0.1) is 23.7 Å². The molecule has 0 radical (unpaired) electrons. The molecular formula is C16H26O5. The number of allylic oxidation sites excluding steroid dienone is 2. The van der Waals surface area contributed by atoms with Gasteiger partial charge < -0.3 is 15.3 Å². The third-order valence-corrected chi connectivity index (χ3v) is 4.48. The normalized spacial score (nSPS) is 28.6. The van der Waals surface area contributed by atoms with Crippen LogP contribution in [-0.2, 0) is 9.59 Å². The summed E-state index contributed by atoms with van der Waals surface area (Å²) < 4.78 is 0. The van der Waals surface area contributed by atoms with Gasteiger partial charge in [0, 0.05) is 6.42 Å². The molecule has 5 nitrogen and oxygen atoms in total. The number of hydrogen-bond donors (Lipinski definition) is 3. The van der Waals surface area contributed by atoms with Crippen molar-refractivity contribution in [3.63, 3.8) is 0 Å². The molecule has 0 spiro atoms. The van der Waals surface area contributed by atoms with Crippen molar-refractivity contribution in [2.75, 3.05) is 0 Å². The van der Waals surface area contributed by atoms with Crippen molar-refractivity contribution in [1.29, 1.82) is 0 Å². The maximum Gasteiger partial charge on any atom is 0.307 e. The Morgan fingerprint density at radius 1 is 1.24 bits per heavy atom. The van der Waals surface area contributed by atoms with Gasteiger partial charge >= 0.3 is 11.9 Å². The first-order valence-electron chi connectivity index (χ1n) is 7.66. The van der Waals surface area contributed by atoms with Gasteiger partial charge in [-0.1, -0.05) is 26.0 Å². The molecule has 1 saturated carbocycles. The number of aliphatic hydroxyl groups is 1. The highest BCUT2D eigenvalue weighted by molar-refractivity contribution is 5.71. The van der Waals surface area contributed by atoms with Crippen LogP contribution in [-0.4, -0.2) is 33.4 Å². The summed E-state index contributed by atoms with van der Waals surface area (Å²) in [5.41, 5.74) is 0. The fourth-order valence-electron chi connectivity index (χ4n) is 3.01. The SMILES string of the molecule is CCC(O)C(C)CCC(=O)O.O=C(O)C1CC2C=CC1C2. The van der Waals surface area contributed by atoms with Crippen molar-refractivity contribution in [2.24, 2.45) is 23.7 Å². The lowest BCUT2D eigenvalue weighted by Gasteiger charge is -2.15. The van der Waals surface area contributed by atoms with Gasteiger partial charge in [0.1, 0.15) is 0 Å². The van der Waals surface area contributed by atoms with E-state index in [0.717, 1.165) is 12.8 Å². The summed E-state index contributed by atoms with van der Waals surface area (Å²) in [6.07, 6.45) is 7.22. The van der Waals surface area contributed by atoms with E-state index in [4.69, 9.17) is 10.2 Å². The highest BCUT2D eigenvalue weighted by Crippen LogP contribution is 2.43. The molecular weight excluding hydrogens is 272 g/mol. The predicted molar refractivity (Wildman–Crippen MR) is 78.8 cm³/mol. The van der Waals surface area contributed by atoms with Crippen molar-refractivity contribution >= 4 is 11.9 Å². The molecule has 21 heavy (non-hydrogen) atoms. The maximum atomic E-state index is 10.6. The van der Waals surface area contributed by atoms with Crippen LogP contribution < -0.4 is 0 Å². The van der Waals surface area contributed by atoms with Crippen molar-refractivity contribution in [1.82, 2.24) is 0 Å². The topological polar surface area (TPSA) is 94.8 Å². The molecule has 0 aliphatic heterocycles. The molecule has 5 unspecified atom stereocenters. The molecule has 5 atom stereocenters. The van der Waals surface area contributed by atoms with Gasteiger partial charge in [-0.05, 0) is 43.4 Å². The molecule has 2 aliphatic carbocycles. The van der Waals surface area contributed by atoms with Gasteiger partial charge in [-0.25, -0.2) is 0 Å². The zero-order chi connectivity index (χ0) is 16.0. The van der Waals surface area contributed by atoms with E-state index in [1.165, 1.54) is 0 Å². The molecule has 0 aromatic carbocycles. The number of fused-ring (bicyclic) bond motifs is 2. The first kappa shape index (κ1) is 17.7. The van der Waals surface area contributed by atoms with Gasteiger partial charge in [0.2, 0.25) is 0 Å². The lowest BCUT2D eigenvalue weighted by Crippen LogP contribution is -2.17. The standard InChI is InChI=1S/C8H16O3.C8H10O2/c1-3-7(9)6(2)4-5-8(10)11;9-8(10)7-4-5-1-2-6(7)3-5/h6-7,9H,3-5H2,1-2H3,(H,10,11);1-2,5-7H,3-4H2,(H,9,10). The zero-order valence-electron chi connectivity index (χ0n) is 12.7. The Kier molecular flexibility index (Phi) is 6.89. The second kappa shape index (κ2) is 8.17. The predicted octanol–water partition coefficient (Wildman–Crippen LogP) is 2.54. The van der Waals surface area contributed by atoms with E-state index in [9.17, 15) is 14.7 Å². The highest BCUT2D eigenvalue weighted by Gasteiger charge is 2.39. The van der Waals surface area contributed by atoms with Crippen LogP contribution >= 0.6 is 0 Å². The number of carboxylic acid groups (broad SMARTS) is 2. The van der Waals surface area contributed by atoms with Crippen LogP contribution in [0.3, 0.4) is 0 Å². The van der Waals surface area contributed by atoms with Gasteiger partial charge in [0.25, 0.3) is 0 Å². The minimum Gasteiger partial charge on any atom is -0.481 e. The van der Waals surface area contributed by atoms with Gasteiger partial charge in [-0.2, -0.15) is 0 Å². The summed E-state index contributed by atoms with van der Waals surface area (Å²) in [6.45, 7) is 3.76. The minimum atomic E-state index is -0.792. The molecule has 0 aromatic heterocycles. The van der Waals surface area contributed by atoms with E-state index in [2.05, 4.69) is 12.2 Å². The van der Waals surface area contributed by atoms with E-state index >= 15 is 0 Å². The van der Waals surface area contributed by atoms with Gasteiger partial charge in [0.15, 0.2) is 0 Å². The molecule has 120 valence electrons. The Hall–Kier alpha value is -1.36. The number of aliphatic carboxylic acids is 2. The average molecular weight is 298 g/mol. The molecule has 1 fully saturated rings. The molecule has 3 N–H and O–H groups in total. The molecule has 2 bridgehead atoms. The fraction of sp³-hybridized carbons (Fsp3) is 0.750. The Balaban J connectivity index is 0.000000210. The zero-order valence-corrected chi connectivity index (χ0v) is 12.7. The maximum absolute atomic E-state index is 10.6. The van der Waals surface area contributed by atoms with Crippen molar-refractivity contribution in [3.05, 3.63) is 12.2 Å².